The van der Waals surface area contributed by atoms with Gasteiger partial charge >= 0.3 is 18.4 Å². The Labute approximate surface area is 223 Å². The molecule has 2 N–H and O–H groups in total. The number of halogens is 6. The highest BCUT2D eigenvalue weighted by molar-refractivity contribution is 5.99. The lowest BCUT2D eigenvalue weighted by Gasteiger charge is -2.39. The Kier molecular flexibility index (Phi) is 9.34. The lowest BCUT2D eigenvalue weighted by molar-refractivity contribution is -0.143. The maximum atomic E-state index is 13.8. The van der Waals surface area contributed by atoms with E-state index in [0.717, 1.165) is 20.0 Å². The molecular formula is C26H35F6N3O4. The first-order valence-electron chi connectivity index (χ1n) is 12.9. The number of ether oxygens (including phenoxy) is 2. The van der Waals surface area contributed by atoms with Gasteiger partial charge in [-0.15, -0.1) is 0 Å². The van der Waals surface area contributed by atoms with Gasteiger partial charge in [0.15, 0.2) is 0 Å². The number of piperidine rings is 1. The Bertz CT molecular complexity index is 1030. The molecule has 0 unspecified atom stereocenters. The van der Waals surface area contributed by atoms with E-state index in [1.165, 1.54) is 0 Å². The van der Waals surface area contributed by atoms with Crippen molar-refractivity contribution in [1.29, 1.82) is 0 Å². The van der Waals surface area contributed by atoms with Crippen LogP contribution in [0.5, 0.6) is 5.75 Å². The van der Waals surface area contributed by atoms with Crippen molar-refractivity contribution >= 4 is 12.0 Å². The second kappa shape index (κ2) is 11.8. The largest absolute Gasteiger partial charge is 0.496 e. The summed E-state index contributed by atoms with van der Waals surface area (Å²) in [7, 11) is 0.918. The number of hydrogen-bond donors (Lipinski definition) is 2. The van der Waals surface area contributed by atoms with E-state index >= 15 is 0 Å². The van der Waals surface area contributed by atoms with E-state index in [1.54, 1.807) is 25.7 Å². The van der Waals surface area contributed by atoms with Crippen molar-refractivity contribution in [3.8, 4) is 5.75 Å². The average molecular weight is 568 g/mol. The predicted octanol–water partition coefficient (Wildman–Crippen LogP) is 5.76. The van der Waals surface area contributed by atoms with Crippen molar-refractivity contribution in [2.75, 3.05) is 20.2 Å². The van der Waals surface area contributed by atoms with Crippen molar-refractivity contribution in [3.05, 3.63) is 28.8 Å². The summed E-state index contributed by atoms with van der Waals surface area (Å²) >= 11 is 0. The summed E-state index contributed by atoms with van der Waals surface area (Å²) in [5.74, 6) is -1.95. The zero-order valence-electron chi connectivity index (χ0n) is 22.4. The molecule has 1 saturated carbocycles. The molecule has 0 spiro atoms. The van der Waals surface area contributed by atoms with Gasteiger partial charge in [0.1, 0.15) is 11.4 Å². The molecule has 1 heterocycles. The van der Waals surface area contributed by atoms with Crippen LogP contribution in [0.4, 0.5) is 31.1 Å². The Hall–Kier alpha value is -2.70. The average Bonchev–Trinajstić information content (AvgIpc) is 2.82. The van der Waals surface area contributed by atoms with Crippen LogP contribution in [-0.2, 0) is 17.1 Å². The second-order valence-corrected chi connectivity index (χ2v) is 11.0. The van der Waals surface area contributed by atoms with Gasteiger partial charge in [-0.2, -0.15) is 26.3 Å². The van der Waals surface area contributed by atoms with E-state index in [0.29, 0.717) is 44.8 Å². The summed E-state index contributed by atoms with van der Waals surface area (Å²) in [4.78, 5) is 27.1. The van der Waals surface area contributed by atoms with Crippen LogP contribution in [0, 0.1) is 0 Å². The maximum Gasteiger partial charge on any atom is 0.417 e. The van der Waals surface area contributed by atoms with Gasteiger partial charge in [-0.05, 0) is 58.6 Å². The van der Waals surface area contributed by atoms with Gasteiger partial charge in [0.2, 0.25) is 0 Å². The number of nitrogens with one attached hydrogen (secondary N) is 2. The fraction of sp³-hybridized carbons (Fsp3) is 0.692. The molecule has 220 valence electrons. The number of rotatable bonds is 5. The van der Waals surface area contributed by atoms with Gasteiger partial charge < -0.3 is 25.0 Å². The van der Waals surface area contributed by atoms with E-state index in [2.05, 4.69) is 10.6 Å². The van der Waals surface area contributed by atoms with Gasteiger partial charge in [0.05, 0.1) is 23.8 Å². The SMILES string of the molecule is COc1cc(C(F)(F)F)cc(C(F)(F)F)c1C(=O)N[C@@H]1CCCC[C@@H]1NC1CCN(C(=O)OC(C)(C)C)CC1. The monoisotopic (exact) mass is 567 g/mol. The van der Waals surface area contributed by atoms with Crippen LogP contribution in [0.25, 0.3) is 0 Å². The third-order valence-electron chi connectivity index (χ3n) is 6.86. The molecule has 39 heavy (non-hydrogen) atoms. The topological polar surface area (TPSA) is 79.9 Å². The molecule has 2 aliphatic rings. The third-order valence-corrected chi connectivity index (χ3v) is 6.86. The molecule has 13 heteroatoms. The first-order valence-corrected chi connectivity index (χ1v) is 12.9. The molecule has 1 saturated heterocycles. The molecule has 1 aliphatic heterocycles. The third kappa shape index (κ3) is 8.15. The van der Waals surface area contributed by atoms with Gasteiger partial charge in [-0.3, -0.25) is 4.79 Å². The Morgan fingerprint density at radius 1 is 0.897 bits per heavy atom. The summed E-state index contributed by atoms with van der Waals surface area (Å²) in [6.45, 7) is 6.29. The smallest absolute Gasteiger partial charge is 0.417 e. The summed E-state index contributed by atoms with van der Waals surface area (Å²) in [5, 5.41) is 6.10. The molecule has 0 aromatic heterocycles. The molecule has 2 amide bonds. The standard InChI is InChI=1S/C26H35F6N3O4/c1-24(2,3)39-23(37)35-11-9-16(10-12-35)33-18-7-5-6-8-19(18)34-22(36)21-17(26(30,31)32)13-15(25(27,28)29)14-20(21)38-4/h13-14,16,18-19,33H,5-12H2,1-4H3,(H,34,36)/t18-,19+/m0/s1. The summed E-state index contributed by atoms with van der Waals surface area (Å²) in [5.41, 5.74) is -4.85. The van der Waals surface area contributed by atoms with Crippen LogP contribution in [0.3, 0.4) is 0 Å². The van der Waals surface area contributed by atoms with Crippen molar-refractivity contribution in [3.63, 3.8) is 0 Å². The lowest BCUT2D eigenvalue weighted by Crippen LogP contribution is -2.56. The van der Waals surface area contributed by atoms with Crippen molar-refractivity contribution in [2.24, 2.45) is 0 Å². The first-order chi connectivity index (χ1) is 18.0. The zero-order valence-corrected chi connectivity index (χ0v) is 22.4. The van der Waals surface area contributed by atoms with Crippen molar-refractivity contribution in [1.82, 2.24) is 15.5 Å². The van der Waals surface area contributed by atoms with Crippen LogP contribution < -0.4 is 15.4 Å². The quantitative estimate of drug-likeness (QED) is 0.442. The minimum absolute atomic E-state index is 0.0116. The minimum atomic E-state index is -5.21. The van der Waals surface area contributed by atoms with E-state index in [-0.39, 0.29) is 18.2 Å². The zero-order chi connectivity index (χ0) is 29.2. The number of likely N-dealkylation sites (tertiary alicyclic amines) is 1. The van der Waals surface area contributed by atoms with E-state index in [4.69, 9.17) is 9.47 Å². The van der Waals surface area contributed by atoms with Crippen LogP contribution in [0.15, 0.2) is 12.1 Å². The van der Waals surface area contributed by atoms with Crippen LogP contribution >= 0.6 is 0 Å². The molecule has 0 radical (unpaired) electrons. The highest BCUT2D eigenvalue weighted by Gasteiger charge is 2.42. The van der Waals surface area contributed by atoms with Gasteiger partial charge in [-0.1, -0.05) is 12.8 Å². The summed E-state index contributed by atoms with van der Waals surface area (Å²) < 4.78 is 91.3. The number of benzene rings is 1. The van der Waals surface area contributed by atoms with Crippen LogP contribution in [0.2, 0.25) is 0 Å². The summed E-state index contributed by atoms with van der Waals surface area (Å²) in [6, 6.07) is -0.442. The normalized spacial score (nSPS) is 21.4. The maximum absolute atomic E-state index is 13.8. The fourth-order valence-corrected chi connectivity index (χ4v) is 5.00. The van der Waals surface area contributed by atoms with Gasteiger partial charge in [0.25, 0.3) is 5.91 Å². The molecule has 2 fully saturated rings. The van der Waals surface area contributed by atoms with Gasteiger partial charge in [-0.25, -0.2) is 4.79 Å². The Morgan fingerprint density at radius 2 is 1.49 bits per heavy atom. The predicted molar refractivity (Wildman–Crippen MR) is 130 cm³/mol. The second-order valence-electron chi connectivity index (χ2n) is 11.0. The number of methoxy groups -OCH3 is 1. The van der Waals surface area contributed by atoms with Crippen molar-refractivity contribution < 1.29 is 45.4 Å². The number of carbonyl (C=O) groups is 2. The molecule has 7 nitrogen and oxygen atoms in total. The van der Waals surface area contributed by atoms with E-state index in [9.17, 15) is 35.9 Å². The van der Waals surface area contributed by atoms with Gasteiger partial charge in [0, 0.05) is 31.2 Å². The number of hydrogen-bond acceptors (Lipinski definition) is 5. The fourth-order valence-electron chi connectivity index (χ4n) is 5.00. The van der Waals surface area contributed by atoms with Crippen molar-refractivity contribution in [2.45, 2.75) is 95.4 Å². The molecule has 0 bridgehead atoms. The molecule has 1 aliphatic carbocycles. The Morgan fingerprint density at radius 3 is 2.00 bits per heavy atom. The highest BCUT2D eigenvalue weighted by atomic mass is 19.4. The van der Waals surface area contributed by atoms with E-state index in [1.807, 2.05) is 0 Å². The molecular weight excluding hydrogens is 532 g/mol. The minimum Gasteiger partial charge on any atom is -0.496 e. The molecule has 1 aromatic carbocycles. The first kappa shape index (κ1) is 30.8. The molecule has 3 rings (SSSR count). The van der Waals surface area contributed by atoms with Crippen LogP contribution in [-0.4, -0.2) is 60.8 Å². The number of carbonyl (C=O) groups excluding carboxylic acids is 2. The summed E-state index contributed by atoms with van der Waals surface area (Å²) in [6.07, 6.45) is -6.68. The van der Waals surface area contributed by atoms with E-state index < -0.39 is 58.4 Å². The highest BCUT2D eigenvalue weighted by Crippen LogP contribution is 2.41. The Balaban J connectivity index is 1.73. The number of amides is 2. The van der Waals surface area contributed by atoms with Crippen LogP contribution in [0.1, 0.15) is 80.8 Å². The molecule has 2 atom stereocenters. The number of nitrogens with zero attached hydrogens (tertiary/aromatic N) is 1. The lowest BCUT2D eigenvalue weighted by atomic mass is 9.88. The number of alkyl halides is 6. The molecule has 1 aromatic rings.